The van der Waals surface area contributed by atoms with Gasteiger partial charge in [0.25, 0.3) is 0 Å². The Labute approximate surface area is 112 Å². The molecule has 0 spiro atoms. The van der Waals surface area contributed by atoms with Crippen molar-refractivity contribution < 1.29 is 12.8 Å². The highest BCUT2D eigenvalue weighted by atomic mass is 79.9. The van der Waals surface area contributed by atoms with Crippen molar-refractivity contribution in [2.75, 3.05) is 0 Å². The molecular weight excluding hydrogens is 323 g/mol. The topological polar surface area (TPSA) is 62.0 Å². The maximum absolute atomic E-state index is 13.3. The monoisotopic (exact) mass is 332 g/mol. The molecule has 0 aliphatic carbocycles. The summed E-state index contributed by atoms with van der Waals surface area (Å²) in [6.45, 7) is 0.156. The van der Waals surface area contributed by atoms with Crippen molar-refractivity contribution in [2.24, 2.45) is 0 Å². The maximum atomic E-state index is 13.3. The third kappa shape index (κ3) is 2.98. The number of benzene rings is 1. The first-order valence-electron chi connectivity index (χ1n) is 5.05. The number of hydrogen-bond acceptors (Lipinski definition) is 2. The summed E-state index contributed by atoms with van der Waals surface area (Å²) in [5.41, 5.74) is 0.802. The molecule has 0 aliphatic heterocycles. The Morgan fingerprint density at radius 2 is 2.11 bits per heavy atom. The Kier molecular flexibility index (Phi) is 3.84. The van der Waals surface area contributed by atoms with E-state index in [9.17, 15) is 12.8 Å². The molecule has 0 saturated heterocycles. The van der Waals surface area contributed by atoms with E-state index in [1.54, 1.807) is 18.5 Å². The second-order valence-electron chi connectivity index (χ2n) is 3.62. The van der Waals surface area contributed by atoms with E-state index in [0.717, 1.165) is 11.6 Å². The van der Waals surface area contributed by atoms with Gasteiger partial charge in [0, 0.05) is 18.9 Å². The lowest BCUT2D eigenvalue weighted by molar-refractivity contribution is 0.576. The second-order valence-corrected chi connectivity index (χ2v) is 6.24. The number of aromatic amines is 1. The molecule has 0 fully saturated rings. The number of sulfonamides is 1. The van der Waals surface area contributed by atoms with Gasteiger partial charge in [-0.2, -0.15) is 0 Å². The van der Waals surface area contributed by atoms with Gasteiger partial charge < -0.3 is 4.98 Å². The molecule has 0 amide bonds. The van der Waals surface area contributed by atoms with Crippen LogP contribution in [0.3, 0.4) is 0 Å². The van der Waals surface area contributed by atoms with E-state index in [-0.39, 0.29) is 15.9 Å². The number of H-pyrrole nitrogens is 1. The molecule has 0 bridgehead atoms. The molecule has 96 valence electrons. The summed E-state index contributed by atoms with van der Waals surface area (Å²) in [6, 6.07) is 5.43. The van der Waals surface area contributed by atoms with Gasteiger partial charge in [-0.1, -0.05) is 0 Å². The fourth-order valence-electron chi connectivity index (χ4n) is 1.37. The summed E-state index contributed by atoms with van der Waals surface area (Å²) < 4.78 is 39.7. The average molecular weight is 333 g/mol. The van der Waals surface area contributed by atoms with Crippen LogP contribution in [0.5, 0.6) is 0 Å². The maximum Gasteiger partial charge on any atom is 0.240 e. The second kappa shape index (κ2) is 5.21. The fourth-order valence-corrected chi connectivity index (χ4v) is 2.65. The average Bonchev–Trinajstić information content (AvgIpc) is 2.83. The van der Waals surface area contributed by atoms with Gasteiger partial charge in [0.05, 0.1) is 9.37 Å². The largest absolute Gasteiger partial charge is 0.367 e. The van der Waals surface area contributed by atoms with E-state index >= 15 is 0 Å². The lowest BCUT2D eigenvalue weighted by atomic mass is 10.3. The van der Waals surface area contributed by atoms with Crippen LogP contribution >= 0.6 is 15.9 Å². The molecule has 0 saturated carbocycles. The van der Waals surface area contributed by atoms with Gasteiger partial charge in [-0.15, -0.1) is 0 Å². The van der Waals surface area contributed by atoms with Gasteiger partial charge in [0.1, 0.15) is 5.82 Å². The minimum Gasteiger partial charge on any atom is -0.367 e. The van der Waals surface area contributed by atoms with Crippen molar-refractivity contribution in [1.82, 2.24) is 9.71 Å². The summed E-state index contributed by atoms with van der Waals surface area (Å²) in [4.78, 5) is 2.72. The van der Waals surface area contributed by atoms with E-state index in [2.05, 4.69) is 25.6 Å². The molecule has 0 radical (unpaired) electrons. The van der Waals surface area contributed by atoms with Gasteiger partial charge >= 0.3 is 0 Å². The zero-order valence-electron chi connectivity index (χ0n) is 9.15. The zero-order chi connectivity index (χ0) is 13.2. The first-order valence-corrected chi connectivity index (χ1v) is 7.33. The summed E-state index contributed by atoms with van der Waals surface area (Å²) >= 11 is 2.97. The van der Waals surface area contributed by atoms with E-state index in [1.165, 1.54) is 12.1 Å². The Morgan fingerprint density at radius 3 is 2.72 bits per heavy atom. The summed E-state index contributed by atoms with van der Waals surface area (Å²) in [5.74, 6) is -0.612. The third-order valence-corrected chi connectivity index (χ3v) is 4.37. The quantitative estimate of drug-likeness (QED) is 0.903. The fraction of sp³-hybridized carbons (Fsp3) is 0.0909. The van der Waals surface area contributed by atoms with Gasteiger partial charge in [0.15, 0.2) is 0 Å². The Balaban J connectivity index is 2.17. The predicted molar refractivity (Wildman–Crippen MR) is 68.9 cm³/mol. The number of hydrogen-bond donors (Lipinski definition) is 2. The molecule has 1 aromatic heterocycles. The number of nitrogens with one attached hydrogen (secondary N) is 2. The molecule has 1 heterocycles. The van der Waals surface area contributed by atoms with Crippen molar-refractivity contribution >= 4 is 26.0 Å². The highest BCUT2D eigenvalue weighted by Crippen LogP contribution is 2.19. The van der Waals surface area contributed by atoms with Crippen LogP contribution in [0.1, 0.15) is 5.56 Å². The van der Waals surface area contributed by atoms with Crippen LogP contribution in [-0.4, -0.2) is 13.4 Å². The highest BCUT2D eigenvalue weighted by molar-refractivity contribution is 9.10. The van der Waals surface area contributed by atoms with Crippen LogP contribution in [-0.2, 0) is 16.6 Å². The summed E-state index contributed by atoms with van der Waals surface area (Å²) in [6.07, 6.45) is 3.38. The van der Waals surface area contributed by atoms with E-state index in [4.69, 9.17) is 0 Å². The van der Waals surface area contributed by atoms with E-state index in [1.807, 2.05) is 0 Å². The molecule has 0 aliphatic rings. The van der Waals surface area contributed by atoms with Gasteiger partial charge in [-0.3, -0.25) is 0 Å². The summed E-state index contributed by atoms with van der Waals surface area (Å²) in [5, 5.41) is 0. The SMILES string of the molecule is O=S(=O)(NCc1cc[nH]c1)c1ccc(Br)c(F)c1. The van der Waals surface area contributed by atoms with Crippen molar-refractivity contribution in [1.29, 1.82) is 0 Å². The first kappa shape index (κ1) is 13.3. The van der Waals surface area contributed by atoms with Crippen molar-refractivity contribution in [3.05, 3.63) is 52.5 Å². The van der Waals surface area contributed by atoms with Gasteiger partial charge in [-0.25, -0.2) is 17.5 Å². The van der Waals surface area contributed by atoms with Gasteiger partial charge in [-0.05, 0) is 45.8 Å². The highest BCUT2D eigenvalue weighted by Gasteiger charge is 2.15. The zero-order valence-corrected chi connectivity index (χ0v) is 11.6. The Bertz CT molecular complexity index is 641. The van der Waals surface area contributed by atoms with Gasteiger partial charge in [0.2, 0.25) is 10.0 Å². The van der Waals surface area contributed by atoms with E-state index < -0.39 is 15.8 Å². The molecule has 0 atom stereocenters. The normalized spacial score (nSPS) is 11.7. The molecule has 2 N–H and O–H groups in total. The molecule has 18 heavy (non-hydrogen) atoms. The van der Waals surface area contributed by atoms with Crippen molar-refractivity contribution in [3.63, 3.8) is 0 Å². The third-order valence-electron chi connectivity index (χ3n) is 2.33. The lowest BCUT2D eigenvalue weighted by Gasteiger charge is -2.06. The van der Waals surface area contributed by atoms with Crippen LogP contribution < -0.4 is 4.72 Å². The smallest absolute Gasteiger partial charge is 0.240 e. The van der Waals surface area contributed by atoms with Crippen LogP contribution in [0, 0.1) is 5.82 Å². The first-order chi connectivity index (χ1) is 8.49. The van der Waals surface area contributed by atoms with Crippen molar-refractivity contribution in [3.8, 4) is 0 Å². The van der Waals surface area contributed by atoms with Crippen LogP contribution in [0.4, 0.5) is 4.39 Å². The van der Waals surface area contributed by atoms with Crippen LogP contribution in [0.15, 0.2) is 46.0 Å². The molecule has 1 aromatic carbocycles. The Morgan fingerprint density at radius 1 is 1.33 bits per heavy atom. The molecule has 2 aromatic rings. The number of halogens is 2. The number of rotatable bonds is 4. The van der Waals surface area contributed by atoms with E-state index in [0.29, 0.717) is 0 Å². The van der Waals surface area contributed by atoms with Crippen LogP contribution in [0.25, 0.3) is 0 Å². The van der Waals surface area contributed by atoms with Crippen LogP contribution in [0.2, 0.25) is 0 Å². The summed E-state index contributed by atoms with van der Waals surface area (Å²) in [7, 11) is -3.70. The predicted octanol–water partition coefficient (Wildman–Crippen LogP) is 2.39. The van der Waals surface area contributed by atoms with Crippen molar-refractivity contribution in [2.45, 2.75) is 11.4 Å². The standard InChI is InChI=1S/C11H10BrFN2O2S/c12-10-2-1-9(5-11(10)13)18(16,17)15-7-8-3-4-14-6-8/h1-6,14-15H,7H2. The molecule has 4 nitrogen and oxygen atoms in total. The molecular formula is C11H10BrFN2O2S. The minimum absolute atomic E-state index is 0.0984. The molecule has 0 unspecified atom stereocenters. The molecule has 2 rings (SSSR count). The molecule has 7 heteroatoms. The lowest BCUT2D eigenvalue weighted by Crippen LogP contribution is -2.23. The Hall–Kier alpha value is -1.18. The number of aromatic nitrogens is 1. The minimum atomic E-state index is -3.70.